The van der Waals surface area contributed by atoms with Gasteiger partial charge in [-0.2, -0.15) is 18.3 Å². The summed E-state index contributed by atoms with van der Waals surface area (Å²) in [5.41, 5.74) is 2.15. The largest absolute Gasteiger partial charge is 0.494 e. The Morgan fingerprint density at radius 1 is 1.02 bits per heavy atom. The SMILES string of the molecule is Cc1cnc(NC(=O)Nc2cc(Br)c(C)cc2OC[C@@H]2CN(CCCOCCCOc3ccc(C4=NNC(C)(C(=O)Nc5ccc([N+](=O)[O-])c(C(F)(F)F)c5)C4)cc3)CCO2)cn1. The van der Waals surface area contributed by atoms with Crippen molar-refractivity contribution in [2.75, 3.05) is 68.6 Å². The number of hydrogen-bond acceptors (Lipinski definition) is 13. The van der Waals surface area contributed by atoms with E-state index in [-0.39, 0.29) is 18.2 Å². The van der Waals surface area contributed by atoms with E-state index in [1.54, 1.807) is 43.5 Å². The predicted octanol–water partition coefficient (Wildman–Crippen LogP) is 7.48. The number of amides is 3. The number of hydrazone groups is 1. The van der Waals surface area contributed by atoms with Gasteiger partial charge in [-0.25, -0.2) is 9.78 Å². The lowest BCUT2D eigenvalue weighted by atomic mass is 9.93. The Bertz CT molecular complexity index is 2290. The number of aromatic nitrogens is 2. The van der Waals surface area contributed by atoms with E-state index in [2.05, 4.69) is 57.3 Å². The number of nitro benzene ring substituents is 1. The highest BCUT2D eigenvalue weighted by Gasteiger charge is 2.41. The molecule has 0 bridgehead atoms. The van der Waals surface area contributed by atoms with Crippen molar-refractivity contribution in [1.82, 2.24) is 20.3 Å². The molecule has 4 N–H and O–H groups in total. The Morgan fingerprint density at radius 3 is 2.52 bits per heavy atom. The topological polar surface area (TPSA) is 204 Å². The molecule has 17 nitrogen and oxygen atoms in total. The number of ether oxygens (including phenoxy) is 4. The molecule has 2 atom stereocenters. The van der Waals surface area contributed by atoms with Crippen LogP contribution in [0.5, 0.6) is 11.5 Å². The summed E-state index contributed by atoms with van der Waals surface area (Å²) in [5, 5.41) is 23.3. The van der Waals surface area contributed by atoms with E-state index >= 15 is 0 Å². The van der Waals surface area contributed by atoms with Gasteiger partial charge in [0, 0.05) is 61.9 Å². The molecule has 0 radical (unpaired) electrons. The summed E-state index contributed by atoms with van der Waals surface area (Å²) in [4.78, 5) is 46.4. The number of hydrogen-bond donors (Lipinski definition) is 4. The number of rotatable bonds is 18. The van der Waals surface area contributed by atoms with Crippen LogP contribution in [0.3, 0.4) is 0 Å². The van der Waals surface area contributed by atoms with Crippen LogP contribution < -0.4 is 30.8 Å². The first-order valence-corrected chi connectivity index (χ1v) is 20.8. The van der Waals surface area contributed by atoms with Crippen LogP contribution in [-0.4, -0.2) is 102 Å². The fourth-order valence-electron chi connectivity index (χ4n) is 6.62. The number of benzene rings is 3. The summed E-state index contributed by atoms with van der Waals surface area (Å²) in [6, 6.07) is 12.6. The number of urea groups is 1. The molecule has 1 saturated heterocycles. The standard InChI is InChI=1S/C42H47BrF3N9O8/c1-26-18-37(34(20-33(26)43)50-40(57)51-38-23-47-27(2)22-48-38)63-25-31-24-54(13-17-62-31)12-4-14-60-15-5-16-61-30-9-6-28(7-10-30)35-21-41(3,53-52-35)39(56)49-29-8-11-36(55(58)59)32(19-29)42(44,45)46/h6-11,18-20,22-23,31,53H,4-5,12-17,21,24-25H2,1-3H3,(H,49,56)(H2,48,50,51,57)/t31-,41?/m0/s1. The van der Waals surface area contributed by atoms with E-state index in [1.807, 2.05) is 19.9 Å². The fourth-order valence-corrected chi connectivity index (χ4v) is 6.97. The lowest BCUT2D eigenvalue weighted by Crippen LogP contribution is -2.47. The van der Waals surface area contributed by atoms with Crippen molar-refractivity contribution >= 4 is 56.5 Å². The number of carbonyl (C=O) groups is 2. The van der Waals surface area contributed by atoms with Crippen molar-refractivity contribution in [1.29, 1.82) is 0 Å². The van der Waals surface area contributed by atoms with Crippen molar-refractivity contribution in [3.05, 3.63) is 104 Å². The summed E-state index contributed by atoms with van der Waals surface area (Å²) < 4.78 is 65.0. The Hall–Kier alpha value is -5.90. The Kier molecular flexibility index (Phi) is 15.5. The van der Waals surface area contributed by atoms with Gasteiger partial charge in [-0.15, -0.1) is 0 Å². The minimum Gasteiger partial charge on any atom is -0.494 e. The number of halogens is 4. The molecule has 0 aliphatic carbocycles. The number of nitrogens with one attached hydrogen (secondary N) is 4. The minimum atomic E-state index is -4.98. The fraction of sp³-hybridized carbons (Fsp3) is 0.405. The lowest BCUT2D eigenvalue weighted by Gasteiger charge is -2.33. The van der Waals surface area contributed by atoms with E-state index in [4.69, 9.17) is 18.9 Å². The smallest absolute Gasteiger partial charge is 0.423 e. The molecule has 6 rings (SSSR count). The Balaban J connectivity index is 0.855. The normalized spacial score (nSPS) is 17.6. The van der Waals surface area contributed by atoms with Gasteiger partial charge >= 0.3 is 12.2 Å². The zero-order valence-electron chi connectivity index (χ0n) is 34.7. The van der Waals surface area contributed by atoms with Crippen LogP contribution in [0.1, 0.15) is 48.6 Å². The van der Waals surface area contributed by atoms with Gasteiger partial charge in [0.15, 0.2) is 5.82 Å². The number of nitrogens with zero attached hydrogens (tertiary/aromatic N) is 5. The number of nitro groups is 1. The number of aryl methyl sites for hydroxylation is 2. The molecule has 3 aromatic carbocycles. The van der Waals surface area contributed by atoms with E-state index < -0.39 is 39.8 Å². The second kappa shape index (κ2) is 21.0. The van der Waals surface area contributed by atoms with Crippen LogP contribution >= 0.6 is 15.9 Å². The van der Waals surface area contributed by atoms with E-state index in [0.717, 1.165) is 46.9 Å². The first kappa shape index (κ1) is 46.6. The molecule has 2 aliphatic rings. The third-order valence-electron chi connectivity index (χ3n) is 10.0. The second-order valence-corrected chi connectivity index (χ2v) is 16.0. The average Bonchev–Trinajstić information content (AvgIpc) is 3.66. The zero-order valence-corrected chi connectivity index (χ0v) is 36.3. The lowest BCUT2D eigenvalue weighted by molar-refractivity contribution is -0.388. The molecular formula is C42H47BrF3N9O8. The maximum atomic E-state index is 13.4. The molecule has 0 saturated carbocycles. The van der Waals surface area contributed by atoms with E-state index in [1.165, 1.54) is 6.20 Å². The van der Waals surface area contributed by atoms with Crippen LogP contribution in [0, 0.1) is 24.0 Å². The Labute approximate surface area is 369 Å². The van der Waals surface area contributed by atoms with Crippen LogP contribution in [0.4, 0.5) is 40.8 Å². The quantitative estimate of drug-likeness (QED) is 0.0436. The van der Waals surface area contributed by atoms with Crippen LogP contribution in [0.2, 0.25) is 0 Å². The van der Waals surface area contributed by atoms with E-state index in [0.29, 0.717) is 86.8 Å². The van der Waals surface area contributed by atoms with Crippen LogP contribution in [0.15, 0.2) is 76.6 Å². The average molecular weight is 943 g/mol. The maximum Gasteiger partial charge on any atom is 0.423 e. The number of anilines is 3. The molecule has 4 aromatic rings. The van der Waals surface area contributed by atoms with Gasteiger partial charge in [-0.1, -0.05) is 15.9 Å². The van der Waals surface area contributed by atoms with Gasteiger partial charge < -0.3 is 29.6 Å². The summed E-state index contributed by atoms with van der Waals surface area (Å²) in [6.45, 7) is 10.1. The van der Waals surface area contributed by atoms with Gasteiger partial charge in [-0.3, -0.25) is 35.5 Å². The number of carbonyl (C=O) groups excluding carboxylic acids is 2. The van der Waals surface area contributed by atoms with Crippen LogP contribution in [-0.2, 0) is 20.4 Å². The molecule has 1 fully saturated rings. The van der Waals surface area contributed by atoms with Crippen molar-refractivity contribution in [3.63, 3.8) is 0 Å². The third-order valence-corrected chi connectivity index (χ3v) is 10.9. The zero-order chi connectivity index (χ0) is 45.1. The Morgan fingerprint density at radius 2 is 1.79 bits per heavy atom. The molecule has 0 spiro atoms. The van der Waals surface area contributed by atoms with Crippen molar-refractivity contribution in [3.8, 4) is 11.5 Å². The molecule has 2 aliphatic heterocycles. The van der Waals surface area contributed by atoms with Crippen LogP contribution in [0.25, 0.3) is 0 Å². The second-order valence-electron chi connectivity index (χ2n) is 15.1. The number of morpholine rings is 1. The van der Waals surface area contributed by atoms with Crippen molar-refractivity contribution in [2.24, 2.45) is 5.10 Å². The minimum absolute atomic E-state index is 0.136. The van der Waals surface area contributed by atoms with Gasteiger partial charge in [0.2, 0.25) is 0 Å². The third kappa shape index (κ3) is 13.1. The molecule has 1 unspecified atom stereocenters. The summed E-state index contributed by atoms with van der Waals surface area (Å²) in [6.07, 6.45) is -0.438. The first-order chi connectivity index (χ1) is 30.1. The summed E-state index contributed by atoms with van der Waals surface area (Å²) in [7, 11) is 0. The molecule has 3 heterocycles. The summed E-state index contributed by atoms with van der Waals surface area (Å²) >= 11 is 3.53. The van der Waals surface area contributed by atoms with Crippen molar-refractivity contribution in [2.45, 2.75) is 57.9 Å². The molecule has 336 valence electrons. The highest BCUT2D eigenvalue weighted by atomic mass is 79.9. The highest BCUT2D eigenvalue weighted by Crippen LogP contribution is 2.38. The van der Waals surface area contributed by atoms with Gasteiger partial charge in [0.25, 0.3) is 11.6 Å². The summed E-state index contributed by atoms with van der Waals surface area (Å²) in [5.74, 6) is 0.822. The predicted molar refractivity (Wildman–Crippen MR) is 231 cm³/mol. The molecular weight excluding hydrogens is 895 g/mol. The molecule has 63 heavy (non-hydrogen) atoms. The molecule has 3 amide bonds. The first-order valence-electron chi connectivity index (χ1n) is 20.0. The highest BCUT2D eigenvalue weighted by molar-refractivity contribution is 9.10. The number of alkyl halides is 3. The van der Waals surface area contributed by atoms with E-state index in [9.17, 15) is 32.9 Å². The molecule has 1 aromatic heterocycles. The van der Waals surface area contributed by atoms with Gasteiger partial charge in [-0.05, 0) is 86.8 Å². The van der Waals surface area contributed by atoms with Crippen molar-refractivity contribution < 1.29 is 46.6 Å². The maximum absolute atomic E-state index is 13.4. The van der Waals surface area contributed by atoms with Gasteiger partial charge in [0.05, 0.1) is 47.6 Å². The monoisotopic (exact) mass is 941 g/mol. The van der Waals surface area contributed by atoms with Gasteiger partial charge in [0.1, 0.15) is 35.3 Å². The molecule has 21 heteroatoms.